The lowest BCUT2D eigenvalue weighted by Crippen LogP contribution is -2.45. The normalized spacial score (nSPS) is 34.7. The molecule has 1 unspecified atom stereocenters. The van der Waals surface area contributed by atoms with Crippen molar-refractivity contribution in [3.05, 3.63) is 0 Å². The lowest BCUT2D eigenvalue weighted by Gasteiger charge is -2.30. The van der Waals surface area contributed by atoms with Gasteiger partial charge in [-0.1, -0.05) is 0 Å². The number of hydrogen-bond acceptors (Lipinski definition) is 4. The van der Waals surface area contributed by atoms with E-state index in [1.165, 1.54) is 5.01 Å². The predicted octanol–water partition coefficient (Wildman–Crippen LogP) is 0.172. The molecular formula is C9H14N2O3S. The second kappa shape index (κ2) is 3.04. The number of hydrazone groups is 1. The Morgan fingerprint density at radius 2 is 2.13 bits per heavy atom. The number of rotatable bonds is 1. The highest BCUT2D eigenvalue weighted by Crippen LogP contribution is 2.32. The van der Waals surface area contributed by atoms with Gasteiger partial charge in [0.15, 0.2) is 9.84 Å². The van der Waals surface area contributed by atoms with E-state index in [9.17, 15) is 13.2 Å². The third kappa shape index (κ3) is 1.78. The molecule has 1 saturated heterocycles. The number of amides is 1. The molecule has 2 rings (SSSR count). The molecule has 0 bridgehead atoms. The fourth-order valence-electron chi connectivity index (χ4n) is 2.14. The van der Waals surface area contributed by atoms with Crippen LogP contribution in [0.2, 0.25) is 0 Å². The lowest BCUT2D eigenvalue weighted by molar-refractivity contribution is -0.133. The van der Waals surface area contributed by atoms with E-state index in [4.69, 9.17) is 0 Å². The number of carbonyl (C=O) groups excluding carboxylic acids is 1. The summed E-state index contributed by atoms with van der Waals surface area (Å²) in [7, 11) is -3.00. The molecule has 0 aromatic carbocycles. The average molecular weight is 230 g/mol. The van der Waals surface area contributed by atoms with Crippen LogP contribution in [0, 0.1) is 0 Å². The molecule has 0 aromatic rings. The van der Waals surface area contributed by atoms with Gasteiger partial charge in [0.1, 0.15) is 0 Å². The van der Waals surface area contributed by atoms with Crippen LogP contribution in [0.4, 0.5) is 0 Å². The number of nitrogens with zero attached hydrogens (tertiary/aromatic N) is 2. The first-order valence-electron chi connectivity index (χ1n) is 4.90. The Hall–Kier alpha value is -0.910. The van der Waals surface area contributed by atoms with Crippen molar-refractivity contribution in [2.24, 2.45) is 5.10 Å². The largest absolute Gasteiger partial charge is 0.273 e. The highest BCUT2D eigenvalue weighted by Gasteiger charge is 2.46. The zero-order chi connectivity index (χ0) is 11.3. The van der Waals surface area contributed by atoms with E-state index >= 15 is 0 Å². The summed E-state index contributed by atoms with van der Waals surface area (Å²) in [6.45, 7) is 3.57. The number of carbonyl (C=O) groups is 1. The van der Waals surface area contributed by atoms with Gasteiger partial charge in [-0.2, -0.15) is 5.10 Å². The molecule has 15 heavy (non-hydrogen) atoms. The minimum atomic E-state index is -3.00. The third-order valence-corrected chi connectivity index (χ3v) is 4.80. The van der Waals surface area contributed by atoms with Gasteiger partial charge >= 0.3 is 0 Å². The van der Waals surface area contributed by atoms with Gasteiger partial charge in [-0.15, -0.1) is 0 Å². The summed E-state index contributed by atoms with van der Waals surface area (Å²) in [5, 5.41) is 5.49. The van der Waals surface area contributed by atoms with Gasteiger partial charge in [0.2, 0.25) is 5.91 Å². The lowest BCUT2D eigenvalue weighted by atomic mass is 10.0. The second-order valence-electron chi connectivity index (χ2n) is 4.56. The molecular weight excluding hydrogens is 216 g/mol. The maximum atomic E-state index is 11.6. The van der Waals surface area contributed by atoms with E-state index in [2.05, 4.69) is 5.10 Å². The highest BCUT2D eigenvalue weighted by atomic mass is 32.2. The quantitative estimate of drug-likeness (QED) is 0.645. The molecule has 1 fully saturated rings. The molecule has 0 N–H and O–H groups in total. The van der Waals surface area contributed by atoms with Crippen LogP contribution in [0.25, 0.3) is 0 Å². The van der Waals surface area contributed by atoms with Crippen LogP contribution in [0.5, 0.6) is 0 Å². The van der Waals surface area contributed by atoms with Crippen molar-refractivity contribution in [3.63, 3.8) is 0 Å². The topological polar surface area (TPSA) is 66.8 Å². The monoisotopic (exact) mass is 230 g/mol. The number of sulfone groups is 1. The van der Waals surface area contributed by atoms with Crippen molar-refractivity contribution in [2.75, 3.05) is 11.5 Å². The minimum Gasteiger partial charge on any atom is -0.273 e. The standard InChI is InChI=1S/C9H14N2O3S/c1-7-5-8(12)11(10-7)9(2)3-4-15(13,14)6-9/h3-6H2,1-2H3. The Kier molecular flexibility index (Phi) is 2.15. The van der Waals surface area contributed by atoms with Crippen molar-refractivity contribution in [2.45, 2.75) is 32.2 Å². The van der Waals surface area contributed by atoms with Gasteiger partial charge in [-0.3, -0.25) is 4.79 Å². The molecule has 2 aliphatic rings. The fraction of sp³-hybridized carbons (Fsp3) is 0.778. The summed E-state index contributed by atoms with van der Waals surface area (Å²) >= 11 is 0. The Balaban J connectivity index is 2.29. The van der Waals surface area contributed by atoms with E-state index in [0.717, 1.165) is 5.71 Å². The second-order valence-corrected chi connectivity index (χ2v) is 6.74. The van der Waals surface area contributed by atoms with E-state index in [1.54, 1.807) is 13.8 Å². The zero-order valence-corrected chi connectivity index (χ0v) is 9.67. The molecule has 2 heterocycles. The number of hydrogen-bond donors (Lipinski definition) is 0. The first kappa shape index (κ1) is 10.6. The predicted molar refractivity (Wildman–Crippen MR) is 56.2 cm³/mol. The first-order chi connectivity index (χ1) is 6.82. The van der Waals surface area contributed by atoms with Crippen molar-refractivity contribution < 1.29 is 13.2 Å². The maximum absolute atomic E-state index is 11.6. The van der Waals surface area contributed by atoms with Crippen molar-refractivity contribution >= 4 is 21.5 Å². The summed E-state index contributed by atoms with van der Waals surface area (Å²) < 4.78 is 22.8. The Morgan fingerprint density at radius 1 is 1.47 bits per heavy atom. The molecule has 1 atom stereocenters. The smallest absolute Gasteiger partial charge is 0.248 e. The van der Waals surface area contributed by atoms with Crippen LogP contribution in [0.3, 0.4) is 0 Å². The van der Waals surface area contributed by atoms with Crippen LogP contribution in [-0.4, -0.2) is 42.1 Å². The van der Waals surface area contributed by atoms with Gasteiger partial charge in [0, 0.05) is 5.71 Å². The van der Waals surface area contributed by atoms with Crippen molar-refractivity contribution in [1.29, 1.82) is 0 Å². The molecule has 0 spiro atoms. The SMILES string of the molecule is CC1=NN(C2(C)CCS(=O)(=O)C2)C(=O)C1. The van der Waals surface area contributed by atoms with Gasteiger partial charge in [0.25, 0.3) is 0 Å². The van der Waals surface area contributed by atoms with Crippen molar-refractivity contribution in [1.82, 2.24) is 5.01 Å². The van der Waals surface area contributed by atoms with E-state index in [1.807, 2.05) is 0 Å². The Morgan fingerprint density at radius 3 is 2.53 bits per heavy atom. The fourth-order valence-corrected chi connectivity index (χ4v) is 4.25. The summed E-state index contributed by atoms with van der Waals surface area (Å²) in [5.74, 6) is 0.0942. The molecule has 84 valence electrons. The van der Waals surface area contributed by atoms with Crippen LogP contribution < -0.4 is 0 Å². The summed E-state index contributed by atoms with van der Waals surface area (Å²) in [5.41, 5.74) is 0.124. The van der Waals surface area contributed by atoms with Crippen molar-refractivity contribution in [3.8, 4) is 0 Å². The van der Waals surface area contributed by atoms with Crippen LogP contribution in [-0.2, 0) is 14.6 Å². The molecule has 0 aromatic heterocycles. The first-order valence-corrected chi connectivity index (χ1v) is 6.72. The third-order valence-electron chi connectivity index (χ3n) is 2.91. The van der Waals surface area contributed by atoms with Crippen LogP contribution >= 0.6 is 0 Å². The summed E-state index contributed by atoms with van der Waals surface area (Å²) in [6, 6.07) is 0. The zero-order valence-electron chi connectivity index (χ0n) is 8.86. The average Bonchev–Trinajstić information content (AvgIpc) is 2.54. The molecule has 1 amide bonds. The molecule has 2 aliphatic heterocycles. The van der Waals surface area contributed by atoms with Crippen LogP contribution in [0.1, 0.15) is 26.7 Å². The molecule has 5 nitrogen and oxygen atoms in total. The van der Waals surface area contributed by atoms with E-state index in [-0.39, 0.29) is 17.4 Å². The van der Waals surface area contributed by atoms with Gasteiger partial charge in [0.05, 0.1) is 23.5 Å². The van der Waals surface area contributed by atoms with Gasteiger partial charge in [-0.05, 0) is 20.3 Å². The molecule has 0 radical (unpaired) electrons. The maximum Gasteiger partial charge on any atom is 0.248 e. The molecule has 0 saturated carbocycles. The van der Waals surface area contributed by atoms with E-state index < -0.39 is 15.4 Å². The summed E-state index contributed by atoms with van der Waals surface area (Å²) in [6.07, 6.45) is 0.799. The summed E-state index contributed by atoms with van der Waals surface area (Å²) in [4.78, 5) is 11.6. The van der Waals surface area contributed by atoms with Gasteiger partial charge in [-0.25, -0.2) is 13.4 Å². The molecule has 0 aliphatic carbocycles. The van der Waals surface area contributed by atoms with Crippen LogP contribution in [0.15, 0.2) is 5.10 Å². The minimum absolute atomic E-state index is 0.0303. The highest BCUT2D eigenvalue weighted by molar-refractivity contribution is 7.91. The van der Waals surface area contributed by atoms with E-state index in [0.29, 0.717) is 12.8 Å². The van der Waals surface area contributed by atoms with Gasteiger partial charge < -0.3 is 0 Å². The Labute approximate surface area is 89.1 Å². The molecule has 6 heteroatoms. The Bertz CT molecular complexity index is 440.